The molecule has 8 nitrogen and oxygen atoms in total. The Morgan fingerprint density at radius 2 is 1.48 bits per heavy atom. The van der Waals surface area contributed by atoms with E-state index in [-0.39, 0.29) is 17.7 Å². The number of likely N-dealkylation sites (N-methyl/N-ethyl adjacent to an activating group) is 1. The lowest BCUT2D eigenvalue weighted by Gasteiger charge is -2.30. The van der Waals surface area contributed by atoms with Gasteiger partial charge in [0.2, 0.25) is 17.7 Å². The Morgan fingerprint density at radius 3 is 1.92 bits per heavy atom. The topological polar surface area (TPSA) is 108 Å². The van der Waals surface area contributed by atoms with Gasteiger partial charge in [0.05, 0.1) is 0 Å². The normalized spacial score (nSPS) is 13.2. The Bertz CT molecular complexity index is 491. The Balaban J connectivity index is 5.02. The van der Waals surface area contributed by atoms with Crippen molar-refractivity contribution in [2.45, 2.75) is 59.5 Å². The van der Waals surface area contributed by atoms with Crippen LogP contribution in [-0.2, 0) is 14.4 Å². The molecule has 0 unspecified atom stereocenters. The summed E-state index contributed by atoms with van der Waals surface area (Å²) in [5.74, 6) is -0.756. The van der Waals surface area contributed by atoms with Crippen LogP contribution in [0.3, 0.4) is 0 Å². The predicted molar refractivity (Wildman–Crippen MR) is 95.7 cm³/mol. The number of hydrogen-bond donors (Lipinski definition) is 3. The van der Waals surface area contributed by atoms with Gasteiger partial charge >= 0.3 is 6.03 Å². The molecule has 0 saturated heterocycles. The lowest BCUT2D eigenvalue weighted by molar-refractivity contribution is -0.140. The third-order valence-electron chi connectivity index (χ3n) is 3.66. The maximum Gasteiger partial charge on any atom is 0.321 e. The van der Waals surface area contributed by atoms with Gasteiger partial charge in [0.25, 0.3) is 0 Å². The van der Waals surface area contributed by atoms with Crippen LogP contribution < -0.4 is 16.0 Å². The van der Waals surface area contributed by atoms with Crippen LogP contribution in [0.25, 0.3) is 0 Å². The van der Waals surface area contributed by atoms with Gasteiger partial charge in [0.1, 0.15) is 12.1 Å². The van der Waals surface area contributed by atoms with Crippen LogP contribution in [-0.4, -0.2) is 54.8 Å². The van der Waals surface area contributed by atoms with Crippen molar-refractivity contribution in [3.8, 4) is 0 Å². The molecule has 0 fully saturated rings. The third-order valence-corrected chi connectivity index (χ3v) is 3.66. The van der Waals surface area contributed by atoms with E-state index in [1.807, 2.05) is 27.7 Å². The number of carbonyl (C=O) groups is 4. The average Bonchev–Trinajstić information content (AvgIpc) is 2.50. The molecule has 0 radical (unpaired) electrons. The van der Waals surface area contributed by atoms with Crippen molar-refractivity contribution in [3.05, 3.63) is 0 Å². The summed E-state index contributed by atoms with van der Waals surface area (Å²) >= 11 is 0. The fourth-order valence-electron chi connectivity index (χ4n) is 2.21. The third kappa shape index (κ3) is 8.51. The van der Waals surface area contributed by atoms with Crippen LogP contribution in [0.4, 0.5) is 4.79 Å². The van der Waals surface area contributed by atoms with Crippen LogP contribution in [0, 0.1) is 11.8 Å². The molecule has 8 heteroatoms. The standard InChI is InChI=1S/C17H32N4O4/c1-10(2)8-13(21(7)14(22)9-11(3)4)16(24)19-12(5)15(23)20-17(25)18-6/h10-13H,8-9H2,1-7H3,(H,19,24)(H2,18,20,23,25)/t12-,13-/m1/s1. The summed E-state index contributed by atoms with van der Waals surface area (Å²) in [6.45, 7) is 9.28. The molecule has 0 spiro atoms. The Labute approximate surface area is 150 Å². The van der Waals surface area contributed by atoms with Crippen molar-refractivity contribution in [2.75, 3.05) is 14.1 Å². The van der Waals surface area contributed by atoms with Crippen LogP contribution >= 0.6 is 0 Å². The highest BCUT2D eigenvalue weighted by Crippen LogP contribution is 2.14. The van der Waals surface area contributed by atoms with E-state index in [0.717, 1.165) is 0 Å². The number of nitrogens with one attached hydrogen (secondary N) is 3. The van der Waals surface area contributed by atoms with E-state index in [0.29, 0.717) is 12.8 Å². The predicted octanol–water partition coefficient (Wildman–Crippen LogP) is 0.866. The molecule has 0 heterocycles. The SMILES string of the molecule is CNC(=O)NC(=O)[C@@H](C)NC(=O)[C@@H](CC(C)C)N(C)C(=O)CC(C)C. The molecule has 25 heavy (non-hydrogen) atoms. The number of amides is 5. The summed E-state index contributed by atoms with van der Waals surface area (Å²) < 4.78 is 0. The van der Waals surface area contributed by atoms with Crippen LogP contribution in [0.15, 0.2) is 0 Å². The van der Waals surface area contributed by atoms with Crippen molar-refractivity contribution >= 4 is 23.8 Å². The molecular formula is C17H32N4O4. The summed E-state index contributed by atoms with van der Waals surface area (Å²) in [5, 5.41) is 6.95. The van der Waals surface area contributed by atoms with E-state index >= 15 is 0 Å². The smallest absolute Gasteiger partial charge is 0.321 e. The van der Waals surface area contributed by atoms with Gasteiger partial charge in [-0.25, -0.2) is 4.79 Å². The van der Waals surface area contributed by atoms with E-state index in [4.69, 9.17) is 0 Å². The molecule has 0 aliphatic carbocycles. The van der Waals surface area contributed by atoms with E-state index in [2.05, 4.69) is 16.0 Å². The van der Waals surface area contributed by atoms with Gasteiger partial charge in [-0.2, -0.15) is 0 Å². The number of hydrogen-bond acceptors (Lipinski definition) is 4. The van der Waals surface area contributed by atoms with Crippen molar-refractivity contribution < 1.29 is 19.2 Å². The van der Waals surface area contributed by atoms with Crippen molar-refractivity contribution in [1.29, 1.82) is 0 Å². The lowest BCUT2D eigenvalue weighted by Crippen LogP contribution is -2.54. The number of nitrogens with zero attached hydrogens (tertiary/aromatic N) is 1. The highest BCUT2D eigenvalue weighted by Gasteiger charge is 2.30. The molecule has 0 aromatic rings. The highest BCUT2D eigenvalue weighted by molar-refractivity contribution is 5.99. The molecule has 0 saturated carbocycles. The van der Waals surface area contributed by atoms with Crippen LogP contribution in [0.1, 0.15) is 47.5 Å². The zero-order valence-electron chi connectivity index (χ0n) is 16.3. The minimum absolute atomic E-state index is 0.113. The van der Waals surface area contributed by atoms with Gasteiger partial charge in [0.15, 0.2) is 0 Å². The monoisotopic (exact) mass is 356 g/mol. The van der Waals surface area contributed by atoms with Gasteiger partial charge in [-0.05, 0) is 25.2 Å². The van der Waals surface area contributed by atoms with E-state index < -0.39 is 29.9 Å². The minimum atomic E-state index is -0.895. The molecule has 3 N–H and O–H groups in total. The first-order chi connectivity index (χ1) is 11.5. The maximum absolute atomic E-state index is 12.6. The number of carbonyl (C=O) groups excluding carboxylic acids is 4. The lowest BCUT2D eigenvalue weighted by atomic mass is 10.0. The highest BCUT2D eigenvalue weighted by atomic mass is 16.2. The molecule has 0 aliphatic rings. The molecule has 0 aliphatic heterocycles. The van der Waals surface area contributed by atoms with Gasteiger partial charge in [-0.3, -0.25) is 19.7 Å². The molecule has 0 aromatic carbocycles. The second-order valence-corrected chi connectivity index (χ2v) is 7.05. The maximum atomic E-state index is 12.6. The van der Waals surface area contributed by atoms with Crippen molar-refractivity contribution in [3.63, 3.8) is 0 Å². The summed E-state index contributed by atoms with van der Waals surface area (Å²) in [4.78, 5) is 49.4. The molecular weight excluding hydrogens is 324 g/mol. The Hall–Kier alpha value is -2.12. The minimum Gasteiger partial charge on any atom is -0.343 e. The first-order valence-corrected chi connectivity index (χ1v) is 8.58. The van der Waals surface area contributed by atoms with E-state index in [1.54, 1.807) is 7.05 Å². The van der Waals surface area contributed by atoms with Crippen LogP contribution in [0.5, 0.6) is 0 Å². The number of rotatable bonds is 8. The van der Waals surface area contributed by atoms with Crippen molar-refractivity contribution in [1.82, 2.24) is 20.9 Å². The van der Waals surface area contributed by atoms with E-state index in [1.165, 1.54) is 18.9 Å². The van der Waals surface area contributed by atoms with Gasteiger partial charge in [-0.1, -0.05) is 27.7 Å². The van der Waals surface area contributed by atoms with E-state index in [9.17, 15) is 19.2 Å². The summed E-state index contributed by atoms with van der Waals surface area (Å²) in [6, 6.07) is -2.20. The van der Waals surface area contributed by atoms with Gasteiger partial charge < -0.3 is 15.5 Å². The zero-order valence-corrected chi connectivity index (χ0v) is 16.3. The Kier molecular flexibility index (Phi) is 9.78. The van der Waals surface area contributed by atoms with Crippen LogP contribution in [0.2, 0.25) is 0 Å². The second-order valence-electron chi connectivity index (χ2n) is 7.05. The largest absolute Gasteiger partial charge is 0.343 e. The number of imide groups is 1. The van der Waals surface area contributed by atoms with Crippen molar-refractivity contribution in [2.24, 2.45) is 11.8 Å². The number of urea groups is 1. The molecule has 0 bridgehead atoms. The Morgan fingerprint density at radius 1 is 0.920 bits per heavy atom. The summed E-state index contributed by atoms with van der Waals surface area (Å²) in [5.41, 5.74) is 0. The fourth-order valence-corrected chi connectivity index (χ4v) is 2.21. The van der Waals surface area contributed by atoms with Gasteiger partial charge in [0, 0.05) is 20.5 Å². The first kappa shape index (κ1) is 22.9. The summed E-state index contributed by atoms with van der Waals surface area (Å²) in [6.07, 6.45) is 0.834. The average molecular weight is 356 g/mol. The molecule has 5 amide bonds. The fraction of sp³-hybridized carbons (Fsp3) is 0.765. The molecule has 0 rings (SSSR count). The molecule has 144 valence electrons. The second kappa shape index (κ2) is 10.7. The molecule has 0 aromatic heterocycles. The quantitative estimate of drug-likeness (QED) is 0.599. The van der Waals surface area contributed by atoms with Gasteiger partial charge in [-0.15, -0.1) is 0 Å². The zero-order chi connectivity index (χ0) is 19.7. The summed E-state index contributed by atoms with van der Waals surface area (Å²) in [7, 11) is 2.99. The molecule has 2 atom stereocenters. The first-order valence-electron chi connectivity index (χ1n) is 8.58.